The van der Waals surface area contributed by atoms with Gasteiger partial charge < -0.3 is 10.8 Å². The quantitative estimate of drug-likeness (QED) is 0.0992. The van der Waals surface area contributed by atoms with Crippen LogP contribution >= 0.6 is 0 Å². The lowest BCUT2D eigenvalue weighted by atomic mass is 10.0. The van der Waals surface area contributed by atoms with Gasteiger partial charge in [0.2, 0.25) is 0 Å². The minimum absolute atomic E-state index is 0.0374. The van der Waals surface area contributed by atoms with Gasteiger partial charge in [-0.05, 0) is 19.3 Å². The molecule has 0 aromatic heterocycles. The van der Waals surface area contributed by atoms with E-state index < -0.39 is 6.23 Å². The number of nitrogens with two attached hydrogens (primary N) is 3. The Balaban J connectivity index is 3.05. The van der Waals surface area contributed by atoms with Crippen molar-refractivity contribution in [3.63, 3.8) is 0 Å². The Hall–Kier alpha value is -0.240. The molecule has 0 aliphatic rings. The summed E-state index contributed by atoms with van der Waals surface area (Å²) in [4.78, 5) is 0. The molecule has 0 spiro atoms. The highest BCUT2D eigenvalue weighted by Crippen LogP contribution is 2.13. The van der Waals surface area contributed by atoms with Gasteiger partial charge in [-0.3, -0.25) is 11.7 Å². The van der Waals surface area contributed by atoms with Crippen LogP contribution < -0.4 is 28.3 Å². The van der Waals surface area contributed by atoms with Gasteiger partial charge in [-0.2, -0.15) is 0 Å². The third-order valence-electron chi connectivity index (χ3n) is 4.40. The first-order chi connectivity index (χ1) is 11.2. The summed E-state index contributed by atoms with van der Waals surface area (Å²) in [5.74, 6) is 10.7. The summed E-state index contributed by atoms with van der Waals surface area (Å²) in [5, 5.41) is 8.95. The van der Waals surface area contributed by atoms with Crippen LogP contribution in [0.1, 0.15) is 96.3 Å². The summed E-state index contributed by atoms with van der Waals surface area (Å²) in [6.45, 7) is 0. The normalized spacial score (nSPS) is 12.9. The van der Waals surface area contributed by atoms with Gasteiger partial charge in [-0.25, -0.2) is 10.9 Å². The van der Waals surface area contributed by atoms with Crippen LogP contribution in [0.25, 0.3) is 0 Å². The summed E-state index contributed by atoms with van der Waals surface area (Å²) in [7, 11) is 0. The van der Waals surface area contributed by atoms with Gasteiger partial charge in [-0.15, -0.1) is 0 Å². The number of rotatable bonds is 18. The Morgan fingerprint density at radius 1 is 0.565 bits per heavy atom. The maximum Gasteiger partial charge on any atom is 0.102 e. The Morgan fingerprint density at radius 2 is 0.870 bits per heavy atom. The summed E-state index contributed by atoms with van der Waals surface area (Å²) in [6.07, 6.45) is 17.9. The molecule has 0 rings (SSSR count). The number of nitrogens with one attached hydrogen (secondary N) is 2. The Morgan fingerprint density at radius 3 is 1.17 bits per heavy atom. The van der Waals surface area contributed by atoms with Gasteiger partial charge in [0.1, 0.15) is 6.23 Å². The number of hydrazine groups is 2. The van der Waals surface area contributed by atoms with Crippen LogP contribution in [0.5, 0.6) is 0 Å². The minimum atomic E-state index is -0.619. The van der Waals surface area contributed by atoms with Crippen LogP contribution in [0.15, 0.2) is 0 Å². The van der Waals surface area contributed by atoms with Gasteiger partial charge in [-0.1, -0.05) is 77.0 Å². The van der Waals surface area contributed by atoms with Crippen molar-refractivity contribution in [1.29, 1.82) is 0 Å². The van der Waals surface area contributed by atoms with E-state index in [9.17, 15) is 0 Å². The lowest BCUT2D eigenvalue weighted by Crippen LogP contribution is -2.49. The molecule has 0 fully saturated rings. The molecule has 0 aliphatic heterocycles. The zero-order valence-electron chi connectivity index (χ0n) is 14.9. The first-order valence-electron chi connectivity index (χ1n) is 9.56. The van der Waals surface area contributed by atoms with Gasteiger partial charge in [0, 0.05) is 0 Å². The summed E-state index contributed by atoms with van der Waals surface area (Å²) < 4.78 is 0. The average Bonchev–Trinajstić information content (AvgIpc) is 2.54. The lowest BCUT2D eigenvalue weighted by molar-refractivity contribution is 0.168. The molecular formula is C17H41N5O. The van der Waals surface area contributed by atoms with E-state index in [0.717, 1.165) is 19.3 Å². The maximum atomic E-state index is 8.95. The molecule has 0 saturated carbocycles. The number of hydrogen-bond donors (Lipinski definition) is 6. The fourth-order valence-electron chi connectivity index (χ4n) is 2.86. The summed E-state index contributed by atoms with van der Waals surface area (Å²) in [5.41, 5.74) is 10.6. The minimum Gasteiger partial charge on any atom is -0.379 e. The van der Waals surface area contributed by atoms with Crippen molar-refractivity contribution >= 4 is 0 Å². The van der Waals surface area contributed by atoms with Crippen molar-refractivity contribution in [2.75, 3.05) is 0 Å². The SMILES string of the molecule is NNC(CCCCCCCCCCCCCCCC(N)O)NN. The topological polar surface area (TPSA) is 122 Å². The van der Waals surface area contributed by atoms with Gasteiger partial charge in [0.05, 0.1) is 6.17 Å². The average molecular weight is 332 g/mol. The van der Waals surface area contributed by atoms with Crippen molar-refractivity contribution in [2.45, 2.75) is 109 Å². The molecule has 6 nitrogen and oxygen atoms in total. The van der Waals surface area contributed by atoms with Crippen LogP contribution in [0.3, 0.4) is 0 Å². The van der Waals surface area contributed by atoms with Gasteiger partial charge in [0.25, 0.3) is 0 Å². The molecule has 9 N–H and O–H groups in total. The third-order valence-corrected chi connectivity index (χ3v) is 4.40. The molecule has 0 aliphatic carbocycles. The molecule has 140 valence electrons. The van der Waals surface area contributed by atoms with Crippen molar-refractivity contribution in [3.8, 4) is 0 Å². The smallest absolute Gasteiger partial charge is 0.102 e. The monoisotopic (exact) mass is 331 g/mol. The molecule has 0 aromatic rings. The first kappa shape index (κ1) is 22.8. The van der Waals surface area contributed by atoms with E-state index in [-0.39, 0.29) is 6.17 Å². The van der Waals surface area contributed by atoms with Crippen LogP contribution in [0.2, 0.25) is 0 Å². The zero-order valence-corrected chi connectivity index (χ0v) is 14.9. The van der Waals surface area contributed by atoms with E-state index in [1.807, 2.05) is 0 Å². The standard InChI is InChI=1S/C17H41N5O/c18-16(23)14-12-10-8-6-4-2-1-3-5-7-9-11-13-15-17(21-19)22-20/h16-17,21-23H,1-15,18-20H2. The van der Waals surface area contributed by atoms with Gasteiger partial charge >= 0.3 is 0 Å². The van der Waals surface area contributed by atoms with E-state index >= 15 is 0 Å². The fourth-order valence-corrected chi connectivity index (χ4v) is 2.86. The number of hydrogen-bond acceptors (Lipinski definition) is 6. The Bertz CT molecular complexity index is 225. The molecule has 0 amide bonds. The van der Waals surface area contributed by atoms with Crippen molar-refractivity contribution in [3.05, 3.63) is 0 Å². The van der Waals surface area contributed by atoms with Crippen LogP contribution in [-0.4, -0.2) is 17.5 Å². The largest absolute Gasteiger partial charge is 0.379 e. The maximum absolute atomic E-state index is 8.95. The highest BCUT2D eigenvalue weighted by molar-refractivity contribution is 4.57. The number of aliphatic hydroxyl groups is 1. The molecular weight excluding hydrogens is 290 g/mol. The molecule has 6 heteroatoms. The molecule has 1 unspecified atom stereocenters. The van der Waals surface area contributed by atoms with E-state index in [4.69, 9.17) is 22.5 Å². The van der Waals surface area contributed by atoms with Crippen LogP contribution in [0.4, 0.5) is 0 Å². The number of aliphatic hydroxyl groups excluding tert-OH is 1. The van der Waals surface area contributed by atoms with E-state index in [0.29, 0.717) is 0 Å². The third kappa shape index (κ3) is 17.9. The van der Waals surface area contributed by atoms with Crippen LogP contribution in [0, 0.1) is 0 Å². The first-order valence-corrected chi connectivity index (χ1v) is 9.56. The second-order valence-electron chi connectivity index (χ2n) is 6.63. The molecule has 1 atom stereocenters. The zero-order chi connectivity index (χ0) is 17.2. The second kappa shape index (κ2) is 18.1. The highest BCUT2D eigenvalue weighted by atomic mass is 16.3. The lowest BCUT2D eigenvalue weighted by Gasteiger charge is -2.13. The van der Waals surface area contributed by atoms with E-state index in [2.05, 4.69) is 10.9 Å². The molecule has 0 bridgehead atoms. The van der Waals surface area contributed by atoms with Crippen molar-refractivity contribution in [1.82, 2.24) is 10.9 Å². The van der Waals surface area contributed by atoms with E-state index in [1.165, 1.54) is 77.0 Å². The number of unbranched alkanes of at least 4 members (excludes halogenated alkanes) is 12. The molecule has 0 radical (unpaired) electrons. The van der Waals surface area contributed by atoms with Gasteiger partial charge in [0.15, 0.2) is 0 Å². The Labute approximate surface area is 142 Å². The molecule has 0 aromatic carbocycles. The molecule has 0 saturated heterocycles. The highest BCUT2D eigenvalue weighted by Gasteiger charge is 2.01. The summed E-state index contributed by atoms with van der Waals surface area (Å²) in [6, 6.07) is 0. The Kier molecular flexibility index (Phi) is 17.9. The van der Waals surface area contributed by atoms with Crippen molar-refractivity contribution < 1.29 is 5.11 Å². The van der Waals surface area contributed by atoms with Crippen molar-refractivity contribution in [2.24, 2.45) is 17.4 Å². The molecule has 23 heavy (non-hydrogen) atoms. The predicted molar refractivity (Wildman–Crippen MR) is 97.9 cm³/mol. The van der Waals surface area contributed by atoms with E-state index in [1.54, 1.807) is 0 Å². The predicted octanol–water partition coefficient (Wildman–Crippen LogP) is 2.37. The van der Waals surface area contributed by atoms with Crippen LogP contribution in [-0.2, 0) is 0 Å². The second-order valence-corrected chi connectivity index (χ2v) is 6.63. The summed E-state index contributed by atoms with van der Waals surface area (Å²) >= 11 is 0. The fraction of sp³-hybridized carbons (Fsp3) is 1.00. The molecule has 0 heterocycles.